The summed E-state index contributed by atoms with van der Waals surface area (Å²) in [5.41, 5.74) is -0.900. The molecule has 188 valence electrons. The van der Waals surface area contributed by atoms with Crippen LogP contribution in [0, 0.1) is 0 Å². The minimum Gasteiger partial charge on any atom is -0.444 e. The summed E-state index contributed by atoms with van der Waals surface area (Å²) in [6, 6.07) is 5.13. The highest BCUT2D eigenvalue weighted by atomic mass is 35.5. The second-order valence-electron chi connectivity index (χ2n) is 11.7. The number of ether oxygens (including phenoxy) is 1. The van der Waals surface area contributed by atoms with Gasteiger partial charge in [-0.25, -0.2) is 4.79 Å². The van der Waals surface area contributed by atoms with E-state index in [1.54, 1.807) is 23.1 Å². The lowest BCUT2D eigenvalue weighted by molar-refractivity contribution is -0.0377. The summed E-state index contributed by atoms with van der Waals surface area (Å²) in [5, 5.41) is 12.5. The van der Waals surface area contributed by atoms with Crippen molar-refractivity contribution in [2.24, 2.45) is 0 Å². The smallest absolute Gasteiger partial charge is 0.410 e. The molecule has 1 amide bonds. The first-order valence-electron chi connectivity index (χ1n) is 11.7. The number of nitrogens with zero attached hydrogens (tertiary/aromatic N) is 1. The minimum atomic E-state index is -2.10. The number of halogens is 2. The van der Waals surface area contributed by atoms with Gasteiger partial charge in [0.15, 0.2) is 8.32 Å². The van der Waals surface area contributed by atoms with E-state index in [-0.39, 0.29) is 11.1 Å². The van der Waals surface area contributed by atoms with E-state index < -0.39 is 31.7 Å². The van der Waals surface area contributed by atoms with E-state index in [1.807, 2.05) is 20.8 Å². The van der Waals surface area contributed by atoms with Crippen molar-refractivity contribution in [3.63, 3.8) is 0 Å². The van der Waals surface area contributed by atoms with Gasteiger partial charge in [-0.2, -0.15) is 0 Å². The molecule has 0 spiro atoms. The summed E-state index contributed by atoms with van der Waals surface area (Å²) in [6.07, 6.45) is 0.315. The second-order valence-corrected chi connectivity index (χ2v) is 17.3. The number of aliphatic hydroxyl groups excluding tert-OH is 1. The highest BCUT2D eigenvalue weighted by molar-refractivity contribution is 6.74. The zero-order valence-electron chi connectivity index (χ0n) is 21.6. The Kier molecular flexibility index (Phi) is 8.67. The predicted octanol–water partition coefficient (Wildman–Crippen LogP) is 7.60. The van der Waals surface area contributed by atoms with E-state index in [4.69, 9.17) is 32.4 Å². The molecule has 0 saturated carbocycles. The molecule has 3 atom stereocenters. The molecule has 33 heavy (non-hydrogen) atoms. The van der Waals surface area contributed by atoms with Crippen molar-refractivity contribution >= 4 is 37.6 Å². The van der Waals surface area contributed by atoms with Crippen LogP contribution in [0.3, 0.4) is 0 Å². The normalized spacial score (nSPS) is 23.0. The number of hydrogen-bond donors (Lipinski definition) is 1. The number of aliphatic hydroxyl groups is 1. The highest BCUT2D eigenvalue weighted by Crippen LogP contribution is 2.48. The summed E-state index contributed by atoms with van der Waals surface area (Å²) in [6.45, 7) is 19.0. The van der Waals surface area contributed by atoms with Crippen LogP contribution in [0.1, 0.15) is 79.4 Å². The van der Waals surface area contributed by atoms with Gasteiger partial charge in [-0.1, -0.05) is 63.4 Å². The Morgan fingerprint density at radius 1 is 1.21 bits per heavy atom. The van der Waals surface area contributed by atoms with E-state index in [0.29, 0.717) is 35.0 Å². The molecule has 1 fully saturated rings. The van der Waals surface area contributed by atoms with E-state index in [1.165, 1.54) is 0 Å². The topological polar surface area (TPSA) is 59.0 Å². The third-order valence-electron chi connectivity index (χ3n) is 6.84. The van der Waals surface area contributed by atoms with Gasteiger partial charge >= 0.3 is 6.09 Å². The van der Waals surface area contributed by atoms with Crippen molar-refractivity contribution in [3.05, 3.63) is 33.8 Å². The van der Waals surface area contributed by atoms with Crippen molar-refractivity contribution in [3.8, 4) is 0 Å². The molecule has 5 nitrogen and oxygen atoms in total. The fraction of sp³-hybridized carbons (Fsp3) is 0.720. The average molecular weight is 519 g/mol. The van der Waals surface area contributed by atoms with Gasteiger partial charge in [-0.3, -0.25) is 4.90 Å². The summed E-state index contributed by atoms with van der Waals surface area (Å²) >= 11 is 12.4. The quantitative estimate of drug-likeness (QED) is 0.394. The van der Waals surface area contributed by atoms with Gasteiger partial charge < -0.3 is 14.3 Å². The monoisotopic (exact) mass is 517 g/mol. The number of likely N-dealkylation sites (tertiary alicyclic amines) is 1. The molecule has 1 N–H and O–H groups in total. The molecule has 1 aliphatic rings. The number of carbonyl (C=O) groups is 1. The van der Waals surface area contributed by atoms with Crippen LogP contribution in [-0.4, -0.2) is 48.2 Å². The number of carbonyl (C=O) groups excluding carboxylic acids is 1. The van der Waals surface area contributed by atoms with Crippen molar-refractivity contribution < 1.29 is 19.1 Å². The van der Waals surface area contributed by atoms with E-state index in [2.05, 4.69) is 40.8 Å². The number of hydrogen-bond acceptors (Lipinski definition) is 4. The van der Waals surface area contributed by atoms with E-state index in [0.717, 1.165) is 6.42 Å². The molecule has 0 aliphatic carbocycles. The molecular formula is C25H41Cl2NO4Si. The first kappa shape index (κ1) is 28.4. The third kappa shape index (κ3) is 6.46. The van der Waals surface area contributed by atoms with Crippen LogP contribution >= 0.6 is 23.2 Å². The lowest BCUT2D eigenvalue weighted by Gasteiger charge is -2.42. The van der Waals surface area contributed by atoms with Gasteiger partial charge in [0.1, 0.15) is 11.7 Å². The fourth-order valence-corrected chi connectivity index (χ4v) is 5.91. The van der Waals surface area contributed by atoms with E-state index in [9.17, 15) is 9.90 Å². The van der Waals surface area contributed by atoms with Gasteiger partial charge in [0.25, 0.3) is 0 Å². The Balaban J connectivity index is 2.53. The number of amides is 1. The molecule has 2 rings (SSSR count). The maximum Gasteiger partial charge on any atom is 0.410 e. The molecule has 1 aromatic carbocycles. The van der Waals surface area contributed by atoms with Gasteiger partial charge in [-0.15, -0.1) is 0 Å². The Morgan fingerprint density at radius 3 is 2.30 bits per heavy atom. The molecule has 0 bridgehead atoms. The molecule has 1 aliphatic heterocycles. The zero-order chi connectivity index (χ0) is 25.4. The van der Waals surface area contributed by atoms with Gasteiger partial charge in [0.05, 0.1) is 21.7 Å². The maximum absolute atomic E-state index is 13.4. The first-order chi connectivity index (χ1) is 14.9. The first-order valence-corrected chi connectivity index (χ1v) is 15.4. The average Bonchev–Trinajstić information content (AvgIpc) is 3.00. The molecule has 1 aromatic rings. The third-order valence-corrected chi connectivity index (χ3v) is 12.1. The molecule has 8 heteroatoms. The van der Waals surface area contributed by atoms with E-state index >= 15 is 0 Å². The Morgan fingerprint density at radius 2 is 1.82 bits per heavy atom. The van der Waals surface area contributed by atoms with Crippen LogP contribution in [0.5, 0.6) is 0 Å². The second kappa shape index (κ2) is 10.1. The maximum atomic E-state index is 13.4. The molecule has 0 aromatic heterocycles. The predicted molar refractivity (Wildman–Crippen MR) is 139 cm³/mol. The van der Waals surface area contributed by atoms with Crippen molar-refractivity contribution in [2.45, 2.75) is 109 Å². The largest absolute Gasteiger partial charge is 0.444 e. The van der Waals surface area contributed by atoms with Crippen LogP contribution in [-0.2, 0) is 9.16 Å². The van der Waals surface area contributed by atoms with Gasteiger partial charge in [0.2, 0.25) is 0 Å². The Labute approximate surface area is 210 Å². The van der Waals surface area contributed by atoms with Crippen molar-refractivity contribution in [1.82, 2.24) is 4.90 Å². The molecule has 1 saturated heterocycles. The van der Waals surface area contributed by atoms with Crippen molar-refractivity contribution in [1.29, 1.82) is 0 Å². The van der Waals surface area contributed by atoms with Crippen LogP contribution in [0.25, 0.3) is 0 Å². The minimum absolute atomic E-state index is 0.0298. The summed E-state index contributed by atoms with van der Waals surface area (Å²) < 4.78 is 12.5. The summed E-state index contributed by atoms with van der Waals surface area (Å²) in [5.74, 6) is 0. The fourth-order valence-electron chi connectivity index (χ4n) is 4.26. The molecule has 0 radical (unpaired) electrons. The Hall–Kier alpha value is -0.793. The SMILES string of the molecule is CCCC1(C(O)c2ccc(Cl)c(Cl)c2)CC(O[Si](C)(C)C(C)(C)C)CN1C(=O)OC(C)(C)C. The molecule has 1 heterocycles. The number of benzene rings is 1. The summed E-state index contributed by atoms with van der Waals surface area (Å²) in [4.78, 5) is 15.1. The molecule has 3 unspecified atom stereocenters. The summed E-state index contributed by atoms with van der Waals surface area (Å²) in [7, 11) is -2.10. The lowest BCUT2D eigenvalue weighted by Crippen LogP contribution is -2.52. The van der Waals surface area contributed by atoms with Crippen LogP contribution in [0.15, 0.2) is 18.2 Å². The zero-order valence-corrected chi connectivity index (χ0v) is 24.1. The standard InChI is InChI=1S/C25H41Cl2NO4Si/c1-10-13-25(21(29)17-11-12-19(26)20(27)14-17)15-18(32-33(8,9)24(5,6)7)16-28(25)22(30)31-23(2,3)4/h11-12,14,18,21,29H,10,13,15-16H2,1-9H3. The van der Waals surface area contributed by atoms with Crippen LogP contribution < -0.4 is 0 Å². The van der Waals surface area contributed by atoms with Gasteiger partial charge in [0, 0.05) is 13.0 Å². The van der Waals surface area contributed by atoms with Crippen LogP contribution in [0.4, 0.5) is 4.79 Å². The molecular weight excluding hydrogens is 477 g/mol. The van der Waals surface area contributed by atoms with Crippen molar-refractivity contribution in [2.75, 3.05) is 6.54 Å². The van der Waals surface area contributed by atoms with Crippen LogP contribution in [0.2, 0.25) is 28.2 Å². The van der Waals surface area contributed by atoms with Gasteiger partial charge in [-0.05, 0) is 63.0 Å². The number of rotatable bonds is 6. The highest BCUT2D eigenvalue weighted by Gasteiger charge is 2.55. The lowest BCUT2D eigenvalue weighted by atomic mass is 9.81. The Bertz CT molecular complexity index is 850.